The van der Waals surface area contributed by atoms with Gasteiger partial charge in [0.15, 0.2) is 0 Å². The largest absolute Gasteiger partial charge is 0.481 e. The lowest BCUT2D eigenvalue weighted by atomic mass is 9.84. The summed E-state index contributed by atoms with van der Waals surface area (Å²) in [5.74, 6) is 2.84. The third-order valence-corrected chi connectivity index (χ3v) is 5.36. The molecule has 0 saturated carbocycles. The second-order valence-electron chi connectivity index (χ2n) is 5.49. The number of hydrogen-bond donors (Lipinski definition) is 1. The Bertz CT molecular complexity index is 266. The number of likely N-dealkylation sites (tertiary alicyclic amines) is 1. The molecule has 2 rings (SSSR count). The minimum Gasteiger partial charge on any atom is -0.481 e. The van der Waals surface area contributed by atoms with E-state index in [1.807, 2.05) is 0 Å². The van der Waals surface area contributed by atoms with Gasteiger partial charge in [-0.05, 0) is 43.4 Å². The summed E-state index contributed by atoms with van der Waals surface area (Å²) in [5, 5.41) is 8.88. The minimum atomic E-state index is -0.647. The molecule has 0 bridgehead atoms. The lowest BCUT2D eigenvalue weighted by Gasteiger charge is -2.38. The van der Waals surface area contributed by atoms with E-state index in [0.717, 1.165) is 12.6 Å². The summed E-state index contributed by atoms with van der Waals surface area (Å²) in [6.07, 6.45) is 4.11. The molecular formula is C13H23NO2S. The van der Waals surface area contributed by atoms with Gasteiger partial charge in [0.25, 0.3) is 0 Å². The standard InChI is InChI=1S/C13H23NO2S/c1-10(7-13(15)16)11-3-2-5-14(8-11)12-4-6-17-9-12/h10-12H,2-9H2,1H3,(H,15,16). The molecule has 3 unspecified atom stereocenters. The van der Waals surface area contributed by atoms with E-state index in [0.29, 0.717) is 18.3 Å². The number of aliphatic carboxylic acids is 1. The lowest BCUT2D eigenvalue weighted by molar-refractivity contribution is -0.138. The Morgan fingerprint density at radius 1 is 1.53 bits per heavy atom. The SMILES string of the molecule is CC(CC(=O)O)C1CCCN(C2CCSC2)C1. The van der Waals surface area contributed by atoms with Gasteiger partial charge in [0.2, 0.25) is 0 Å². The molecule has 2 aliphatic heterocycles. The van der Waals surface area contributed by atoms with Gasteiger partial charge in [0, 0.05) is 24.8 Å². The number of carboxylic acids is 1. The van der Waals surface area contributed by atoms with Crippen LogP contribution in [0, 0.1) is 11.8 Å². The number of rotatable bonds is 4. The smallest absolute Gasteiger partial charge is 0.303 e. The van der Waals surface area contributed by atoms with Crippen LogP contribution in [0.5, 0.6) is 0 Å². The topological polar surface area (TPSA) is 40.5 Å². The molecule has 98 valence electrons. The van der Waals surface area contributed by atoms with Crippen molar-refractivity contribution in [2.75, 3.05) is 24.6 Å². The first-order valence-electron chi connectivity index (χ1n) is 6.70. The van der Waals surface area contributed by atoms with Crippen LogP contribution in [0.25, 0.3) is 0 Å². The molecule has 3 atom stereocenters. The summed E-state index contributed by atoms with van der Waals surface area (Å²) in [4.78, 5) is 13.4. The van der Waals surface area contributed by atoms with Crippen molar-refractivity contribution in [1.29, 1.82) is 0 Å². The second-order valence-corrected chi connectivity index (χ2v) is 6.64. The Morgan fingerprint density at radius 3 is 3.00 bits per heavy atom. The molecule has 2 heterocycles. The summed E-state index contributed by atoms with van der Waals surface area (Å²) >= 11 is 2.06. The molecule has 2 fully saturated rings. The number of piperidine rings is 1. The highest BCUT2D eigenvalue weighted by molar-refractivity contribution is 7.99. The molecule has 0 aliphatic carbocycles. The first kappa shape index (κ1) is 13.2. The first-order chi connectivity index (χ1) is 8.16. The van der Waals surface area contributed by atoms with Crippen LogP contribution < -0.4 is 0 Å². The number of hydrogen-bond acceptors (Lipinski definition) is 3. The Morgan fingerprint density at radius 2 is 2.35 bits per heavy atom. The van der Waals surface area contributed by atoms with Gasteiger partial charge in [-0.2, -0.15) is 11.8 Å². The van der Waals surface area contributed by atoms with Gasteiger partial charge in [-0.15, -0.1) is 0 Å². The highest BCUT2D eigenvalue weighted by Crippen LogP contribution is 2.30. The molecule has 0 aromatic heterocycles. The van der Waals surface area contributed by atoms with Crippen molar-refractivity contribution in [3.05, 3.63) is 0 Å². The lowest BCUT2D eigenvalue weighted by Crippen LogP contribution is -2.44. The predicted octanol–water partition coefficient (Wildman–Crippen LogP) is 2.31. The van der Waals surface area contributed by atoms with Crippen molar-refractivity contribution < 1.29 is 9.90 Å². The molecule has 0 spiro atoms. The van der Waals surface area contributed by atoms with Crippen molar-refractivity contribution in [1.82, 2.24) is 4.90 Å². The molecule has 0 amide bonds. The average molecular weight is 257 g/mol. The average Bonchev–Trinajstić information content (AvgIpc) is 2.82. The molecule has 0 aromatic rings. The van der Waals surface area contributed by atoms with Crippen LogP contribution in [0.2, 0.25) is 0 Å². The van der Waals surface area contributed by atoms with E-state index < -0.39 is 5.97 Å². The summed E-state index contributed by atoms with van der Waals surface area (Å²) in [6.45, 7) is 4.45. The van der Waals surface area contributed by atoms with E-state index in [2.05, 4.69) is 23.6 Å². The molecule has 4 heteroatoms. The van der Waals surface area contributed by atoms with Crippen molar-refractivity contribution in [2.45, 2.75) is 38.6 Å². The summed E-state index contributed by atoms with van der Waals surface area (Å²) in [6, 6.07) is 0.764. The van der Waals surface area contributed by atoms with Crippen LogP contribution in [-0.4, -0.2) is 46.6 Å². The van der Waals surface area contributed by atoms with E-state index in [4.69, 9.17) is 5.11 Å². The van der Waals surface area contributed by atoms with Gasteiger partial charge in [-0.25, -0.2) is 0 Å². The zero-order chi connectivity index (χ0) is 12.3. The first-order valence-corrected chi connectivity index (χ1v) is 7.86. The third kappa shape index (κ3) is 3.62. The summed E-state index contributed by atoms with van der Waals surface area (Å²) in [5.41, 5.74) is 0. The highest BCUT2D eigenvalue weighted by Gasteiger charge is 2.30. The predicted molar refractivity (Wildman–Crippen MR) is 71.4 cm³/mol. The molecule has 17 heavy (non-hydrogen) atoms. The maximum Gasteiger partial charge on any atom is 0.303 e. The Labute approximate surface area is 108 Å². The number of thioether (sulfide) groups is 1. The van der Waals surface area contributed by atoms with Crippen molar-refractivity contribution in [2.24, 2.45) is 11.8 Å². The maximum atomic E-state index is 10.8. The summed E-state index contributed by atoms with van der Waals surface area (Å²) in [7, 11) is 0. The Kier molecular flexibility index (Phi) is 4.74. The van der Waals surface area contributed by atoms with E-state index in [1.165, 1.54) is 37.3 Å². The van der Waals surface area contributed by atoms with Crippen LogP contribution in [0.4, 0.5) is 0 Å². The molecule has 3 nitrogen and oxygen atoms in total. The van der Waals surface area contributed by atoms with Crippen LogP contribution in [0.15, 0.2) is 0 Å². The van der Waals surface area contributed by atoms with E-state index in [1.54, 1.807) is 0 Å². The van der Waals surface area contributed by atoms with Gasteiger partial charge in [-0.3, -0.25) is 9.69 Å². The highest BCUT2D eigenvalue weighted by atomic mass is 32.2. The second kappa shape index (κ2) is 6.10. The fourth-order valence-electron chi connectivity index (χ4n) is 3.09. The minimum absolute atomic E-state index is 0.323. The maximum absolute atomic E-state index is 10.8. The fourth-order valence-corrected chi connectivity index (χ4v) is 4.34. The number of carbonyl (C=O) groups is 1. The number of carboxylic acid groups (broad SMARTS) is 1. The fraction of sp³-hybridized carbons (Fsp3) is 0.923. The quantitative estimate of drug-likeness (QED) is 0.839. The van der Waals surface area contributed by atoms with Crippen molar-refractivity contribution in [3.63, 3.8) is 0 Å². The van der Waals surface area contributed by atoms with Crippen molar-refractivity contribution >= 4 is 17.7 Å². The van der Waals surface area contributed by atoms with Crippen molar-refractivity contribution in [3.8, 4) is 0 Å². The molecule has 2 saturated heterocycles. The molecule has 2 aliphatic rings. The monoisotopic (exact) mass is 257 g/mol. The van der Waals surface area contributed by atoms with Gasteiger partial charge >= 0.3 is 5.97 Å². The van der Waals surface area contributed by atoms with Gasteiger partial charge in [0.1, 0.15) is 0 Å². The molecule has 0 radical (unpaired) electrons. The summed E-state index contributed by atoms with van der Waals surface area (Å²) < 4.78 is 0. The van der Waals surface area contributed by atoms with E-state index >= 15 is 0 Å². The van der Waals surface area contributed by atoms with Gasteiger partial charge in [-0.1, -0.05) is 6.92 Å². The van der Waals surface area contributed by atoms with E-state index in [-0.39, 0.29) is 0 Å². The molecular weight excluding hydrogens is 234 g/mol. The van der Waals surface area contributed by atoms with Crippen LogP contribution in [0.3, 0.4) is 0 Å². The Balaban J connectivity index is 1.85. The van der Waals surface area contributed by atoms with Crippen LogP contribution in [-0.2, 0) is 4.79 Å². The zero-order valence-corrected chi connectivity index (χ0v) is 11.4. The van der Waals surface area contributed by atoms with Crippen LogP contribution >= 0.6 is 11.8 Å². The van der Waals surface area contributed by atoms with E-state index in [9.17, 15) is 4.79 Å². The van der Waals surface area contributed by atoms with Gasteiger partial charge < -0.3 is 5.11 Å². The van der Waals surface area contributed by atoms with Crippen LogP contribution in [0.1, 0.15) is 32.6 Å². The zero-order valence-electron chi connectivity index (χ0n) is 10.6. The Hall–Kier alpha value is -0.220. The number of nitrogens with zero attached hydrogens (tertiary/aromatic N) is 1. The molecule has 0 aromatic carbocycles. The third-order valence-electron chi connectivity index (χ3n) is 4.21. The molecule has 1 N–H and O–H groups in total. The normalized spacial score (nSPS) is 32.5. The van der Waals surface area contributed by atoms with Gasteiger partial charge in [0.05, 0.1) is 0 Å².